The van der Waals surface area contributed by atoms with Crippen molar-refractivity contribution in [3.05, 3.63) is 23.8 Å². The lowest BCUT2D eigenvalue weighted by molar-refractivity contribution is 0.602. The molecule has 2 N–H and O–H groups in total. The molecule has 1 fully saturated rings. The number of sulfone groups is 1. The van der Waals surface area contributed by atoms with Crippen molar-refractivity contribution in [2.45, 2.75) is 23.5 Å². The summed E-state index contributed by atoms with van der Waals surface area (Å²) in [6.45, 7) is 1.84. The zero-order chi connectivity index (χ0) is 12.6. The predicted molar refractivity (Wildman–Crippen MR) is 69.1 cm³/mol. The van der Waals surface area contributed by atoms with Crippen LogP contribution in [-0.4, -0.2) is 29.4 Å². The van der Waals surface area contributed by atoms with E-state index in [0.29, 0.717) is 17.0 Å². The summed E-state index contributed by atoms with van der Waals surface area (Å²) in [7, 11) is -4.25. The Balaban J connectivity index is 2.27. The second-order valence-corrected chi connectivity index (χ2v) is 8.28. The first-order valence-electron chi connectivity index (χ1n) is 5.36. The van der Waals surface area contributed by atoms with Gasteiger partial charge < -0.3 is 5.73 Å². The number of rotatable bonds is 2. The van der Waals surface area contributed by atoms with Gasteiger partial charge in [0.2, 0.25) is 0 Å². The topological polar surface area (TPSA) is 77.2 Å². The average Bonchev–Trinajstić information content (AvgIpc) is 2.58. The van der Waals surface area contributed by atoms with E-state index in [1.807, 2.05) is 6.92 Å². The van der Waals surface area contributed by atoms with Crippen molar-refractivity contribution in [2.24, 2.45) is 0 Å². The predicted octanol–water partition coefficient (Wildman–Crippen LogP) is 0.872. The summed E-state index contributed by atoms with van der Waals surface area (Å²) in [4.78, 5) is 0.696. The Morgan fingerprint density at radius 2 is 2.12 bits per heavy atom. The van der Waals surface area contributed by atoms with Gasteiger partial charge in [-0.2, -0.15) is 0 Å². The highest BCUT2D eigenvalue weighted by Crippen LogP contribution is 2.25. The van der Waals surface area contributed by atoms with Crippen molar-refractivity contribution in [1.29, 1.82) is 0 Å². The lowest BCUT2D eigenvalue weighted by Gasteiger charge is -2.11. The molecule has 0 amide bonds. The van der Waals surface area contributed by atoms with E-state index in [1.165, 1.54) is 0 Å². The van der Waals surface area contributed by atoms with Gasteiger partial charge in [-0.15, -0.1) is 0 Å². The molecule has 2 atom stereocenters. The number of hydrogen-bond donors (Lipinski definition) is 1. The maximum absolute atomic E-state index is 12.3. The standard InChI is InChI=1S/C11H15NO3S2/c1-8-6-9(12)2-3-11(8)16(13)10-4-5-17(14,15)7-10/h2-3,6,10H,4-5,7,12H2,1H3. The summed E-state index contributed by atoms with van der Waals surface area (Å²) in [6, 6.07) is 5.19. The summed E-state index contributed by atoms with van der Waals surface area (Å²) in [5.41, 5.74) is 7.11. The first-order chi connectivity index (χ1) is 7.89. The monoisotopic (exact) mass is 273 g/mol. The molecule has 0 aromatic heterocycles. The fourth-order valence-corrected chi connectivity index (χ4v) is 6.09. The minimum Gasteiger partial charge on any atom is -0.399 e. The minimum absolute atomic E-state index is 0.0312. The molecule has 94 valence electrons. The fraction of sp³-hybridized carbons (Fsp3) is 0.455. The third kappa shape index (κ3) is 2.69. The molecule has 0 bridgehead atoms. The number of anilines is 1. The van der Waals surface area contributed by atoms with Crippen LogP contribution in [0.5, 0.6) is 0 Å². The van der Waals surface area contributed by atoms with Gasteiger partial charge in [-0.1, -0.05) is 0 Å². The molecular formula is C11H15NO3S2. The Morgan fingerprint density at radius 3 is 2.65 bits per heavy atom. The number of nitrogens with two attached hydrogens (primary N) is 1. The summed E-state index contributed by atoms with van der Waals surface area (Å²) < 4.78 is 35.0. The first kappa shape index (κ1) is 12.6. The van der Waals surface area contributed by atoms with Crippen LogP contribution in [-0.2, 0) is 20.6 Å². The van der Waals surface area contributed by atoms with E-state index in [-0.39, 0.29) is 16.8 Å². The van der Waals surface area contributed by atoms with Crippen molar-refractivity contribution in [2.75, 3.05) is 17.2 Å². The molecule has 1 saturated heterocycles. The molecule has 1 aromatic carbocycles. The molecule has 6 heteroatoms. The molecule has 0 radical (unpaired) electrons. The lowest BCUT2D eigenvalue weighted by atomic mass is 10.2. The number of hydrogen-bond acceptors (Lipinski definition) is 4. The van der Waals surface area contributed by atoms with Crippen LogP contribution in [0, 0.1) is 6.92 Å². The van der Waals surface area contributed by atoms with Gasteiger partial charge in [0.1, 0.15) is 0 Å². The number of nitrogen functional groups attached to an aromatic ring is 1. The van der Waals surface area contributed by atoms with Crippen LogP contribution in [0.25, 0.3) is 0 Å². The SMILES string of the molecule is Cc1cc(N)ccc1S(=O)C1CCS(=O)(=O)C1. The highest BCUT2D eigenvalue weighted by molar-refractivity contribution is 7.94. The van der Waals surface area contributed by atoms with E-state index in [0.717, 1.165) is 5.56 Å². The summed E-state index contributed by atoms with van der Waals surface area (Å²) in [6.07, 6.45) is 0.485. The van der Waals surface area contributed by atoms with E-state index in [1.54, 1.807) is 18.2 Å². The van der Waals surface area contributed by atoms with Crippen LogP contribution in [0.3, 0.4) is 0 Å². The molecule has 2 unspecified atom stereocenters. The second kappa shape index (κ2) is 4.42. The first-order valence-corrected chi connectivity index (χ1v) is 8.39. The molecule has 1 aliphatic rings. The molecule has 2 rings (SSSR count). The summed E-state index contributed by atoms with van der Waals surface area (Å²) in [5.74, 6) is 0.181. The van der Waals surface area contributed by atoms with Gasteiger partial charge in [0, 0.05) is 10.6 Å². The van der Waals surface area contributed by atoms with E-state index in [2.05, 4.69) is 0 Å². The van der Waals surface area contributed by atoms with Gasteiger partial charge in [0.05, 0.1) is 27.6 Å². The van der Waals surface area contributed by atoms with Gasteiger partial charge in [-0.3, -0.25) is 4.21 Å². The summed E-state index contributed by atoms with van der Waals surface area (Å²) >= 11 is 0. The molecule has 0 spiro atoms. The highest BCUT2D eigenvalue weighted by Gasteiger charge is 2.33. The smallest absolute Gasteiger partial charge is 0.151 e. The Hall–Kier alpha value is -0.880. The van der Waals surface area contributed by atoms with Gasteiger partial charge in [-0.05, 0) is 37.1 Å². The van der Waals surface area contributed by atoms with E-state index >= 15 is 0 Å². The maximum atomic E-state index is 12.3. The van der Waals surface area contributed by atoms with Crippen LogP contribution >= 0.6 is 0 Å². The molecule has 17 heavy (non-hydrogen) atoms. The maximum Gasteiger partial charge on any atom is 0.151 e. The van der Waals surface area contributed by atoms with Crippen molar-refractivity contribution < 1.29 is 12.6 Å². The zero-order valence-corrected chi connectivity index (χ0v) is 11.2. The largest absolute Gasteiger partial charge is 0.399 e. The Labute approximate surface area is 104 Å². The van der Waals surface area contributed by atoms with Crippen molar-refractivity contribution >= 4 is 26.3 Å². The van der Waals surface area contributed by atoms with Crippen molar-refractivity contribution in [3.8, 4) is 0 Å². The third-order valence-electron chi connectivity index (χ3n) is 2.91. The molecular weight excluding hydrogens is 258 g/mol. The summed E-state index contributed by atoms with van der Waals surface area (Å²) in [5, 5.41) is -0.276. The Bertz CT molecular complexity index is 566. The fourth-order valence-electron chi connectivity index (χ4n) is 2.01. The average molecular weight is 273 g/mol. The van der Waals surface area contributed by atoms with Crippen molar-refractivity contribution in [3.63, 3.8) is 0 Å². The van der Waals surface area contributed by atoms with Crippen LogP contribution in [0.1, 0.15) is 12.0 Å². The van der Waals surface area contributed by atoms with Crippen LogP contribution in [0.2, 0.25) is 0 Å². The number of aryl methyl sites for hydroxylation is 1. The molecule has 0 saturated carbocycles. The number of benzene rings is 1. The van der Waals surface area contributed by atoms with Gasteiger partial charge in [-0.25, -0.2) is 8.42 Å². The van der Waals surface area contributed by atoms with Gasteiger partial charge in [0.25, 0.3) is 0 Å². The molecule has 1 aromatic rings. The third-order valence-corrected chi connectivity index (χ3v) is 6.79. The Morgan fingerprint density at radius 1 is 1.41 bits per heavy atom. The van der Waals surface area contributed by atoms with E-state index in [9.17, 15) is 12.6 Å². The van der Waals surface area contributed by atoms with Crippen molar-refractivity contribution in [1.82, 2.24) is 0 Å². The quantitative estimate of drug-likeness (QED) is 0.811. The van der Waals surface area contributed by atoms with E-state index in [4.69, 9.17) is 5.73 Å². The van der Waals surface area contributed by atoms with Crippen LogP contribution in [0.4, 0.5) is 5.69 Å². The van der Waals surface area contributed by atoms with E-state index < -0.39 is 20.6 Å². The minimum atomic E-state index is -2.99. The van der Waals surface area contributed by atoms with Crippen LogP contribution in [0.15, 0.2) is 23.1 Å². The molecule has 4 nitrogen and oxygen atoms in total. The second-order valence-electron chi connectivity index (χ2n) is 4.35. The zero-order valence-electron chi connectivity index (χ0n) is 9.55. The van der Waals surface area contributed by atoms with Gasteiger partial charge >= 0.3 is 0 Å². The highest BCUT2D eigenvalue weighted by atomic mass is 32.2. The van der Waals surface area contributed by atoms with Crippen LogP contribution < -0.4 is 5.73 Å². The Kier molecular flexibility index (Phi) is 3.27. The molecule has 0 aliphatic carbocycles. The molecule has 1 aliphatic heterocycles. The lowest BCUT2D eigenvalue weighted by Crippen LogP contribution is -2.17. The molecule has 1 heterocycles. The van der Waals surface area contributed by atoms with Gasteiger partial charge in [0.15, 0.2) is 9.84 Å². The normalized spacial score (nSPS) is 24.6.